The summed E-state index contributed by atoms with van der Waals surface area (Å²) in [4.78, 5) is 27.8. The minimum absolute atomic E-state index is 0.0342. The smallest absolute Gasteiger partial charge is 0.459 e. The van der Waals surface area contributed by atoms with Crippen molar-refractivity contribution in [3.8, 4) is 11.8 Å². The van der Waals surface area contributed by atoms with E-state index >= 15 is 0 Å². The summed E-state index contributed by atoms with van der Waals surface area (Å²) in [7, 11) is -4.13. The molecule has 2 N–H and O–H groups in total. The van der Waals surface area contributed by atoms with E-state index in [0.717, 1.165) is 19.3 Å². The lowest BCUT2D eigenvalue weighted by Gasteiger charge is -2.29. The van der Waals surface area contributed by atoms with Gasteiger partial charge in [0.1, 0.15) is 30.1 Å². The number of benzene rings is 1. The fourth-order valence-corrected chi connectivity index (χ4v) is 5.75. The number of carbonyl (C=O) groups excluding carboxylic acids is 1. The number of aliphatic hydroxyl groups excluding tert-OH is 1. The molecule has 1 aliphatic carbocycles. The minimum atomic E-state index is -4.13. The Balaban J connectivity index is 1.29. The number of aliphatic hydroxyl groups is 1. The number of carbonyl (C=O) groups is 1. The van der Waals surface area contributed by atoms with Gasteiger partial charge in [-0.15, -0.1) is 0 Å². The minimum Gasteiger partial charge on any atom is -0.461 e. The van der Waals surface area contributed by atoms with Gasteiger partial charge in [0.15, 0.2) is 11.8 Å². The van der Waals surface area contributed by atoms with Crippen LogP contribution in [-0.2, 0) is 23.4 Å². The monoisotopic (exact) mass is 521 g/mol. The number of ether oxygens (including phenoxy) is 3. The van der Waals surface area contributed by atoms with Crippen LogP contribution in [0, 0.1) is 0 Å². The lowest BCUT2D eigenvalue weighted by atomic mass is 9.96. The number of esters is 1. The summed E-state index contributed by atoms with van der Waals surface area (Å²) in [5.74, 6) is -0.303. The Labute approximate surface area is 207 Å². The van der Waals surface area contributed by atoms with E-state index in [4.69, 9.17) is 23.3 Å². The van der Waals surface area contributed by atoms with Gasteiger partial charge in [0.2, 0.25) is 0 Å². The molecule has 1 aromatic carbocycles. The van der Waals surface area contributed by atoms with Crippen LogP contribution in [0.4, 0.5) is 0 Å². The SMILES string of the molecule is C[C@H](N[P@](=O)(OC[C@H]1O[C@H]2n3ccc(=O)nc3O[C@@]2(C)[C@@H]1O)Oc1ccccc1)C(=O)OC1CCC1. The standard InChI is InChI=1S/C23H28N3O9P/c1-14(20(29)32-15-9-6-10-15)25-36(30,35-16-7-4-3-5-8-16)31-13-17-19(28)23(2)21(33-17)26-12-11-18(27)24-22(26)34-23/h3-5,7-8,11-12,14-15,17,19,21,28H,6,9-10,13H2,1-2H3,(H,25,30)/t14-,17+,19+,21+,23-,36-/m0/s1. The first kappa shape index (κ1) is 24.9. The first-order chi connectivity index (χ1) is 17.2. The highest BCUT2D eigenvalue weighted by atomic mass is 31.2. The first-order valence-corrected chi connectivity index (χ1v) is 13.3. The molecule has 3 aliphatic rings. The summed E-state index contributed by atoms with van der Waals surface area (Å²) in [6.07, 6.45) is 0.983. The maximum atomic E-state index is 13.7. The molecule has 0 radical (unpaired) electrons. The van der Waals surface area contributed by atoms with E-state index in [0.29, 0.717) is 0 Å². The highest BCUT2D eigenvalue weighted by Gasteiger charge is 2.61. The summed E-state index contributed by atoms with van der Waals surface area (Å²) in [5, 5.41) is 13.6. The molecule has 1 saturated carbocycles. The summed E-state index contributed by atoms with van der Waals surface area (Å²) < 4.78 is 43.7. The van der Waals surface area contributed by atoms with E-state index < -0.39 is 49.4 Å². The highest BCUT2D eigenvalue weighted by molar-refractivity contribution is 7.52. The quantitative estimate of drug-likeness (QED) is 0.368. The molecule has 6 atom stereocenters. The van der Waals surface area contributed by atoms with E-state index in [1.54, 1.807) is 37.3 Å². The number of nitrogens with one attached hydrogen (secondary N) is 1. The normalized spacial score (nSPS) is 29.2. The van der Waals surface area contributed by atoms with Crippen molar-refractivity contribution in [1.82, 2.24) is 14.6 Å². The van der Waals surface area contributed by atoms with Gasteiger partial charge in [-0.3, -0.25) is 18.7 Å². The van der Waals surface area contributed by atoms with Gasteiger partial charge in [-0.1, -0.05) is 18.2 Å². The summed E-state index contributed by atoms with van der Waals surface area (Å²) in [6.45, 7) is 2.79. The van der Waals surface area contributed by atoms with Gasteiger partial charge in [0, 0.05) is 12.3 Å². The van der Waals surface area contributed by atoms with Crippen LogP contribution in [0.25, 0.3) is 0 Å². The van der Waals surface area contributed by atoms with Crippen molar-refractivity contribution in [3.05, 3.63) is 52.9 Å². The number of hydrogen-bond donors (Lipinski definition) is 2. The van der Waals surface area contributed by atoms with Crippen LogP contribution < -0.4 is 19.9 Å². The molecule has 5 rings (SSSR count). The average molecular weight is 521 g/mol. The predicted octanol–water partition coefficient (Wildman–Crippen LogP) is 1.93. The molecule has 13 heteroatoms. The average Bonchev–Trinajstić information content (AvgIpc) is 3.22. The molecule has 0 unspecified atom stereocenters. The largest absolute Gasteiger partial charge is 0.461 e. The van der Waals surface area contributed by atoms with Crippen LogP contribution >= 0.6 is 7.75 Å². The molecule has 0 spiro atoms. The van der Waals surface area contributed by atoms with Crippen LogP contribution in [-0.4, -0.2) is 57.2 Å². The van der Waals surface area contributed by atoms with E-state index in [9.17, 15) is 19.3 Å². The van der Waals surface area contributed by atoms with E-state index in [-0.39, 0.29) is 24.5 Å². The molecular weight excluding hydrogens is 493 g/mol. The number of fused-ring (bicyclic) bond motifs is 3. The van der Waals surface area contributed by atoms with E-state index in [1.807, 2.05) is 0 Å². The maximum Gasteiger partial charge on any atom is 0.459 e. The zero-order chi connectivity index (χ0) is 25.5. The van der Waals surface area contributed by atoms with Crippen molar-refractivity contribution in [2.75, 3.05) is 6.61 Å². The molecule has 2 aromatic rings. The van der Waals surface area contributed by atoms with Crippen LogP contribution in [0.1, 0.15) is 39.3 Å². The van der Waals surface area contributed by atoms with Crippen molar-refractivity contribution < 1.29 is 37.7 Å². The highest BCUT2D eigenvalue weighted by Crippen LogP contribution is 2.50. The predicted molar refractivity (Wildman–Crippen MR) is 124 cm³/mol. The van der Waals surface area contributed by atoms with Gasteiger partial charge in [-0.2, -0.15) is 10.1 Å². The molecule has 194 valence electrons. The van der Waals surface area contributed by atoms with Gasteiger partial charge < -0.3 is 23.8 Å². The Kier molecular flexibility index (Phi) is 6.65. The maximum absolute atomic E-state index is 13.7. The Morgan fingerprint density at radius 1 is 1.33 bits per heavy atom. The van der Waals surface area contributed by atoms with E-state index in [1.165, 1.54) is 23.8 Å². The zero-order valence-corrected chi connectivity index (χ0v) is 20.7. The Bertz CT molecular complexity index is 1220. The molecule has 12 nitrogen and oxygen atoms in total. The lowest BCUT2D eigenvalue weighted by Crippen LogP contribution is -2.46. The third kappa shape index (κ3) is 4.79. The Morgan fingerprint density at radius 2 is 2.08 bits per heavy atom. The van der Waals surface area contributed by atoms with Gasteiger partial charge in [-0.25, -0.2) is 4.57 Å². The number of rotatable bonds is 9. The number of nitrogens with zero attached hydrogens (tertiary/aromatic N) is 2. The van der Waals surface area contributed by atoms with Crippen LogP contribution in [0.15, 0.2) is 47.4 Å². The van der Waals surface area contributed by atoms with Crippen LogP contribution in [0.2, 0.25) is 0 Å². The van der Waals surface area contributed by atoms with Crippen molar-refractivity contribution in [3.63, 3.8) is 0 Å². The first-order valence-electron chi connectivity index (χ1n) is 11.8. The van der Waals surface area contributed by atoms with E-state index in [2.05, 4.69) is 10.1 Å². The molecule has 2 fully saturated rings. The Morgan fingerprint density at radius 3 is 2.78 bits per heavy atom. The Hall–Kier alpha value is -2.76. The van der Waals surface area contributed by atoms with Gasteiger partial charge >= 0.3 is 19.7 Å². The molecular formula is C23H28N3O9P. The summed E-state index contributed by atoms with van der Waals surface area (Å²) in [5.41, 5.74) is -1.73. The summed E-state index contributed by atoms with van der Waals surface area (Å²) in [6, 6.07) is 8.68. The molecule has 3 heterocycles. The fourth-order valence-electron chi connectivity index (χ4n) is 4.25. The molecule has 1 aromatic heterocycles. The second-order valence-electron chi connectivity index (χ2n) is 9.25. The third-order valence-corrected chi connectivity index (χ3v) is 8.16. The zero-order valence-electron chi connectivity index (χ0n) is 19.8. The third-order valence-electron chi connectivity index (χ3n) is 6.52. The van der Waals surface area contributed by atoms with Gasteiger partial charge in [0.05, 0.1) is 6.61 Å². The van der Waals surface area contributed by atoms with Crippen LogP contribution in [0.5, 0.6) is 11.8 Å². The molecule has 0 bridgehead atoms. The van der Waals surface area contributed by atoms with Crippen molar-refractivity contribution >= 4 is 13.7 Å². The second kappa shape index (κ2) is 9.60. The summed E-state index contributed by atoms with van der Waals surface area (Å²) >= 11 is 0. The topological polar surface area (TPSA) is 147 Å². The van der Waals surface area contributed by atoms with Gasteiger partial charge in [-0.05, 0) is 45.2 Å². The molecule has 2 aliphatic heterocycles. The second-order valence-corrected chi connectivity index (χ2v) is 10.9. The molecule has 36 heavy (non-hydrogen) atoms. The van der Waals surface area contributed by atoms with Crippen molar-refractivity contribution in [1.29, 1.82) is 0 Å². The number of hydrogen-bond acceptors (Lipinski definition) is 10. The van der Waals surface area contributed by atoms with Crippen LogP contribution in [0.3, 0.4) is 0 Å². The molecule has 1 saturated heterocycles. The number of para-hydroxylation sites is 1. The number of aromatic nitrogens is 2. The molecule has 0 amide bonds. The fraction of sp³-hybridized carbons (Fsp3) is 0.522. The lowest BCUT2D eigenvalue weighted by molar-refractivity contribution is -0.154. The van der Waals surface area contributed by atoms with Crippen molar-refractivity contribution in [2.24, 2.45) is 0 Å². The van der Waals surface area contributed by atoms with Gasteiger partial charge in [0.25, 0.3) is 5.56 Å². The van der Waals surface area contributed by atoms with Crippen molar-refractivity contribution in [2.45, 2.75) is 69.3 Å².